The third kappa shape index (κ3) is 4.78. The number of morpholine rings is 1. The van der Waals surface area contributed by atoms with Gasteiger partial charge in [-0.2, -0.15) is 4.31 Å². The SMILES string of the molecule is Cc1nccn1CCCNS(=O)(=O)c1ccc(S(=O)(=O)N2CCOCC2)cc1. The number of hydrogen-bond acceptors (Lipinski definition) is 6. The molecule has 0 amide bonds. The Morgan fingerprint density at radius 1 is 1.07 bits per heavy atom. The minimum atomic E-state index is -3.70. The number of hydrogen-bond donors (Lipinski definition) is 1. The van der Waals surface area contributed by atoms with Gasteiger partial charge in [-0.05, 0) is 37.6 Å². The number of ether oxygens (including phenoxy) is 1. The van der Waals surface area contributed by atoms with E-state index in [0.717, 1.165) is 5.82 Å². The van der Waals surface area contributed by atoms with Gasteiger partial charge in [0.05, 0.1) is 23.0 Å². The van der Waals surface area contributed by atoms with Gasteiger partial charge in [0.2, 0.25) is 20.0 Å². The average molecular weight is 429 g/mol. The minimum absolute atomic E-state index is 0.0345. The summed E-state index contributed by atoms with van der Waals surface area (Å²) in [4.78, 5) is 4.23. The molecule has 1 aromatic carbocycles. The quantitative estimate of drug-likeness (QED) is 0.616. The maximum Gasteiger partial charge on any atom is 0.243 e. The summed E-state index contributed by atoms with van der Waals surface area (Å²) >= 11 is 0. The molecular formula is C17H24N4O5S2. The fourth-order valence-corrected chi connectivity index (χ4v) is 5.39. The second-order valence-electron chi connectivity index (χ2n) is 6.41. The van der Waals surface area contributed by atoms with E-state index in [-0.39, 0.29) is 16.3 Å². The van der Waals surface area contributed by atoms with E-state index in [2.05, 4.69) is 9.71 Å². The van der Waals surface area contributed by atoms with Crippen molar-refractivity contribution < 1.29 is 21.6 Å². The van der Waals surface area contributed by atoms with Gasteiger partial charge in [-0.1, -0.05) is 0 Å². The molecule has 154 valence electrons. The first kappa shape index (κ1) is 20.9. The van der Waals surface area contributed by atoms with Crippen LogP contribution in [-0.4, -0.2) is 63.5 Å². The van der Waals surface area contributed by atoms with Gasteiger partial charge in [0.15, 0.2) is 0 Å². The normalized spacial score (nSPS) is 16.3. The number of sulfonamides is 2. The standard InChI is InChI=1S/C17H24N4O5S2/c1-15-18-8-10-20(15)9-2-7-19-27(22,23)16-3-5-17(6-4-16)28(24,25)21-11-13-26-14-12-21/h3-6,8,10,19H,2,7,9,11-14H2,1H3. The fraction of sp³-hybridized carbons (Fsp3) is 0.471. The first-order chi connectivity index (χ1) is 13.3. The lowest BCUT2D eigenvalue weighted by Crippen LogP contribution is -2.40. The van der Waals surface area contributed by atoms with E-state index < -0.39 is 20.0 Å². The molecule has 0 bridgehead atoms. The van der Waals surface area contributed by atoms with Crippen LogP contribution < -0.4 is 4.72 Å². The van der Waals surface area contributed by atoms with E-state index in [1.165, 1.54) is 28.6 Å². The van der Waals surface area contributed by atoms with Gasteiger partial charge in [0, 0.05) is 38.6 Å². The zero-order chi connectivity index (χ0) is 20.2. The van der Waals surface area contributed by atoms with Crippen molar-refractivity contribution in [3.63, 3.8) is 0 Å². The molecule has 9 nitrogen and oxygen atoms in total. The molecule has 0 atom stereocenters. The van der Waals surface area contributed by atoms with Crippen molar-refractivity contribution in [1.29, 1.82) is 0 Å². The second-order valence-corrected chi connectivity index (χ2v) is 10.1. The van der Waals surface area contributed by atoms with Crippen molar-refractivity contribution >= 4 is 20.0 Å². The van der Waals surface area contributed by atoms with Crippen LogP contribution in [0.2, 0.25) is 0 Å². The van der Waals surface area contributed by atoms with Gasteiger partial charge in [-0.3, -0.25) is 0 Å². The first-order valence-corrected chi connectivity index (χ1v) is 11.9. The Morgan fingerprint density at radius 3 is 2.32 bits per heavy atom. The lowest BCUT2D eigenvalue weighted by Gasteiger charge is -2.26. The zero-order valence-corrected chi connectivity index (χ0v) is 17.2. The van der Waals surface area contributed by atoms with Crippen LogP contribution in [0.4, 0.5) is 0 Å². The molecule has 1 aromatic heterocycles. The molecule has 0 unspecified atom stereocenters. The Kier molecular flexibility index (Phi) is 6.50. The third-order valence-corrected chi connectivity index (χ3v) is 7.92. The summed E-state index contributed by atoms with van der Waals surface area (Å²) in [5.41, 5.74) is 0. The van der Waals surface area contributed by atoms with Crippen LogP contribution in [0.15, 0.2) is 46.5 Å². The van der Waals surface area contributed by atoms with Gasteiger partial charge in [0.25, 0.3) is 0 Å². The summed E-state index contributed by atoms with van der Waals surface area (Å²) < 4.78 is 61.0. The minimum Gasteiger partial charge on any atom is -0.379 e. The van der Waals surface area contributed by atoms with Crippen molar-refractivity contribution in [2.45, 2.75) is 29.7 Å². The van der Waals surface area contributed by atoms with Crippen molar-refractivity contribution in [2.24, 2.45) is 0 Å². The fourth-order valence-electron chi connectivity index (χ4n) is 2.91. The highest BCUT2D eigenvalue weighted by Crippen LogP contribution is 2.19. The molecule has 0 aliphatic carbocycles. The maximum absolute atomic E-state index is 12.6. The van der Waals surface area contributed by atoms with Crippen molar-refractivity contribution in [3.05, 3.63) is 42.5 Å². The smallest absolute Gasteiger partial charge is 0.243 e. The van der Waals surface area contributed by atoms with Crippen molar-refractivity contribution in [1.82, 2.24) is 18.6 Å². The molecular weight excluding hydrogens is 404 g/mol. The summed E-state index contributed by atoms with van der Waals surface area (Å²) in [6, 6.07) is 5.29. The highest BCUT2D eigenvalue weighted by molar-refractivity contribution is 7.89. The molecule has 0 saturated carbocycles. The Bertz CT molecular complexity index is 994. The first-order valence-electron chi connectivity index (χ1n) is 8.96. The molecule has 3 rings (SSSR count). The highest BCUT2D eigenvalue weighted by atomic mass is 32.2. The number of aryl methyl sites for hydroxylation is 2. The molecule has 1 aliphatic rings. The van der Waals surface area contributed by atoms with Gasteiger partial charge >= 0.3 is 0 Å². The van der Waals surface area contributed by atoms with E-state index in [9.17, 15) is 16.8 Å². The van der Waals surface area contributed by atoms with E-state index in [4.69, 9.17) is 4.74 Å². The van der Waals surface area contributed by atoms with Gasteiger partial charge in [0.1, 0.15) is 5.82 Å². The molecule has 0 radical (unpaired) electrons. The molecule has 1 saturated heterocycles. The van der Waals surface area contributed by atoms with E-state index in [1.54, 1.807) is 6.20 Å². The number of benzene rings is 1. The number of nitrogens with zero attached hydrogens (tertiary/aromatic N) is 3. The molecule has 11 heteroatoms. The predicted octanol–water partition coefficient (Wildman–Crippen LogP) is 0.581. The molecule has 28 heavy (non-hydrogen) atoms. The lowest BCUT2D eigenvalue weighted by atomic mass is 10.4. The lowest BCUT2D eigenvalue weighted by molar-refractivity contribution is 0.0730. The van der Waals surface area contributed by atoms with E-state index in [0.29, 0.717) is 39.3 Å². The summed E-state index contributed by atoms with van der Waals surface area (Å²) in [5.74, 6) is 0.875. The monoisotopic (exact) mass is 428 g/mol. The molecule has 1 N–H and O–H groups in total. The Hall–Kier alpha value is -1.79. The molecule has 0 spiro atoms. The van der Waals surface area contributed by atoms with E-state index >= 15 is 0 Å². The van der Waals surface area contributed by atoms with Crippen LogP contribution in [0.3, 0.4) is 0 Å². The number of aromatic nitrogens is 2. The van der Waals surface area contributed by atoms with Gasteiger partial charge in [-0.15, -0.1) is 0 Å². The Morgan fingerprint density at radius 2 is 1.71 bits per heavy atom. The topological polar surface area (TPSA) is 111 Å². The molecule has 2 heterocycles. The van der Waals surface area contributed by atoms with Crippen molar-refractivity contribution in [2.75, 3.05) is 32.8 Å². The van der Waals surface area contributed by atoms with Crippen molar-refractivity contribution in [3.8, 4) is 0 Å². The van der Waals surface area contributed by atoms with Gasteiger partial charge in [-0.25, -0.2) is 26.5 Å². The number of nitrogens with one attached hydrogen (secondary N) is 1. The van der Waals surface area contributed by atoms with Crippen LogP contribution in [0.25, 0.3) is 0 Å². The molecule has 2 aromatic rings. The summed E-state index contributed by atoms with van der Waals surface area (Å²) in [6.45, 7) is 4.11. The second kappa shape index (κ2) is 8.70. The van der Waals surface area contributed by atoms with Crippen LogP contribution in [0.5, 0.6) is 0 Å². The number of imidazole rings is 1. The van der Waals surface area contributed by atoms with Crippen LogP contribution >= 0.6 is 0 Å². The molecule has 1 aliphatic heterocycles. The summed E-state index contributed by atoms with van der Waals surface area (Å²) in [7, 11) is -7.35. The van der Waals surface area contributed by atoms with Crippen LogP contribution in [0, 0.1) is 6.92 Å². The maximum atomic E-state index is 12.6. The van der Waals surface area contributed by atoms with E-state index in [1.807, 2.05) is 17.7 Å². The van der Waals surface area contributed by atoms with Crippen LogP contribution in [-0.2, 0) is 31.3 Å². The van der Waals surface area contributed by atoms with Gasteiger partial charge < -0.3 is 9.30 Å². The Balaban J connectivity index is 1.60. The average Bonchev–Trinajstić information content (AvgIpc) is 3.11. The Labute approximate surface area is 165 Å². The third-order valence-electron chi connectivity index (χ3n) is 4.53. The summed E-state index contributed by atoms with van der Waals surface area (Å²) in [5, 5.41) is 0. The zero-order valence-electron chi connectivity index (χ0n) is 15.6. The predicted molar refractivity (Wildman–Crippen MR) is 103 cm³/mol. The summed E-state index contributed by atoms with van der Waals surface area (Å²) in [6.07, 6.45) is 4.16. The number of rotatable bonds is 8. The molecule has 1 fully saturated rings. The highest BCUT2D eigenvalue weighted by Gasteiger charge is 2.26. The largest absolute Gasteiger partial charge is 0.379 e. The van der Waals surface area contributed by atoms with Crippen LogP contribution in [0.1, 0.15) is 12.2 Å².